The maximum absolute atomic E-state index is 12.7. The zero-order chi connectivity index (χ0) is 11.7. The molecule has 1 aromatic carbocycles. The summed E-state index contributed by atoms with van der Waals surface area (Å²) in [6, 6.07) is 5.76. The number of carbonyl (C=O) groups is 1. The largest absolute Gasteiger partial charge is 0.382 e. The van der Waals surface area contributed by atoms with Crippen molar-refractivity contribution in [1.82, 2.24) is 9.78 Å². The number of aromatic nitrogens is 2. The molecule has 0 aliphatic carbocycles. The number of hydrogen-bond donors (Lipinski definition) is 1. The highest BCUT2D eigenvalue weighted by Crippen LogP contribution is 2.14. The first-order chi connectivity index (χ1) is 7.58. The molecular formula is C11H10FN3O. The maximum Gasteiger partial charge on any atom is 0.165 e. The monoisotopic (exact) mass is 219 g/mol. The summed E-state index contributed by atoms with van der Waals surface area (Å²) >= 11 is 0. The molecule has 2 rings (SSSR count). The van der Waals surface area contributed by atoms with Crippen molar-refractivity contribution in [2.75, 3.05) is 5.73 Å². The minimum Gasteiger partial charge on any atom is -0.382 e. The van der Waals surface area contributed by atoms with Crippen LogP contribution in [0.4, 0.5) is 10.2 Å². The first kappa shape index (κ1) is 10.4. The molecule has 0 spiro atoms. The lowest BCUT2D eigenvalue weighted by molar-refractivity contribution is 0.101. The summed E-state index contributed by atoms with van der Waals surface area (Å²) in [7, 11) is 0. The highest BCUT2D eigenvalue weighted by Gasteiger charge is 2.10. The molecule has 0 unspecified atom stereocenters. The van der Waals surface area contributed by atoms with Crippen molar-refractivity contribution >= 4 is 11.6 Å². The van der Waals surface area contributed by atoms with Gasteiger partial charge in [-0.25, -0.2) is 9.07 Å². The van der Waals surface area contributed by atoms with Gasteiger partial charge in [0.15, 0.2) is 11.6 Å². The molecule has 4 nitrogen and oxygen atoms in total. The standard InChI is InChI=1S/C11H10FN3O/c1-7(16)10-6-15(14-11(10)13)9-4-2-8(12)3-5-9/h2-6H,1H3,(H2,13,14). The number of nitrogen functional groups attached to an aromatic ring is 1. The summed E-state index contributed by atoms with van der Waals surface area (Å²) in [4.78, 5) is 11.2. The Morgan fingerprint density at radius 3 is 2.50 bits per heavy atom. The molecule has 1 heterocycles. The van der Waals surface area contributed by atoms with E-state index in [2.05, 4.69) is 5.10 Å². The number of halogens is 1. The zero-order valence-electron chi connectivity index (χ0n) is 8.64. The Bertz CT molecular complexity index is 531. The summed E-state index contributed by atoms with van der Waals surface area (Å²) in [6.45, 7) is 1.42. The Balaban J connectivity index is 2.45. The van der Waals surface area contributed by atoms with Gasteiger partial charge in [0, 0.05) is 6.20 Å². The number of carbonyl (C=O) groups excluding carboxylic acids is 1. The van der Waals surface area contributed by atoms with Crippen LogP contribution in [0.2, 0.25) is 0 Å². The van der Waals surface area contributed by atoms with E-state index >= 15 is 0 Å². The van der Waals surface area contributed by atoms with Gasteiger partial charge in [-0.3, -0.25) is 4.79 Å². The second-order valence-corrected chi connectivity index (χ2v) is 3.41. The van der Waals surface area contributed by atoms with E-state index in [4.69, 9.17) is 5.73 Å². The lowest BCUT2D eigenvalue weighted by Gasteiger charge is -1.99. The second kappa shape index (κ2) is 3.77. The van der Waals surface area contributed by atoms with Gasteiger partial charge in [-0.2, -0.15) is 0 Å². The molecule has 0 aliphatic rings. The lowest BCUT2D eigenvalue weighted by atomic mass is 10.2. The van der Waals surface area contributed by atoms with E-state index in [9.17, 15) is 9.18 Å². The smallest absolute Gasteiger partial charge is 0.165 e. The molecule has 0 saturated carbocycles. The summed E-state index contributed by atoms with van der Waals surface area (Å²) in [5.41, 5.74) is 6.60. The number of nitrogens with two attached hydrogens (primary N) is 1. The molecule has 0 aliphatic heterocycles. The Morgan fingerprint density at radius 2 is 2.00 bits per heavy atom. The lowest BCUT2D eigenvalue weighted by Crippen LogP contribution is -1.96. The summed E-state index contributed by atoms with van der Waals surface area (Å²) in [5, 5.41) is 3.98. The highest BCUT2D eigenvalue weighted by molar-refractivity contribution is 5.98. The van der Waals surface area contributed by atoms with Crippen molar-refractivity contribution in [1.29, 1.82) is 0 Å². The number of anilines is 1. The molecule has 0 bridgehead atoms. The number of rotatable bonds is 2. The first-order valence-electron chi connectivity index (χ1n) is 4.70. The molecule has 0 atom stereocenters. The van der Waals surface area contributed by atoms with Gasteiger partial charge in [-0.15, -0.1) is 5.10 Å². The normalized spacial score (nSPS) is 10.4. The van der Waals surface area contributed by atoms with Crippen molar-refractivity contribution in [2.45, 2.75) is 6.92 Å². The number of benzene rings is 1. The quantitative estimate of drug-likeness (QED) is 0.783. The van der Waals surface area contributed by atoms with Crippen LogP contribution in [0.3, 0.4) is 0 Å². The van der Waals surface area contributed by atoms with Crippen molar-refractivity contribution in [3.05, 3.63) is 41.8 Å². The maximum atomic E-state index is 12.7. The zero-order valence-corrected chi connectivity index (χ0v) is 8.64. The Labute approximate surface area is 91.5 Å². The Kier molecular flexibility index (Phi) is 2.44. The van der Waals surface area contributed by atoms with Crippen LogP contribution in [0.15, 0.2) is 30.5 Å². The second-order valence-electron chi connectivity index (χ2n) is 3.41. The van der Waals surface area contributed by atoms with E-state index in [0.717, 1.165) is 0 Å². The molecule has 82 valence electrons. The van der Waals surface area contributed by atoms with Crippen LogP contribution >= 0.6 is 0 Å². The SMILES string of the molecule is CC(=O)c1cn(-c2ccc(F)cc2)nc1N. The first-order valence-corrected chi connectivity index (χ1v) is 4.70. The van der Waals surface area contributed by atoms with Crippen molar-refractivity contribution < 1.29 is 9.18 Å². The van der Waals surface area contributed by atoms with E-state index in [0.29, 0.717) is 11.3 Å². The predicted molar refractivity (Wildman–Crippen MR) is 57.9 cm³/mol. The topological polar surface area (TPSA) is 60.9 Å². The average Bonchev–Trinajstić information content (AvgIpc) is 2.61. The summed E-state index contributed by atoms with van der Waals surface area (Å²) in [6.07, 6.45) is 1.53. The molecule has 0 amide bonds. The third kappa shape index (κ3) is 1.79. The molecule has 5 heteroatoms. The van der Waals surface area contributed by atoms with Crippen molar-refractivity contribution in [3.63, 3.8) is 0 Å². The number of Topliss-reactive ketones (excluding diaryl/α,β-unsaturated/α-hetero) is 1. The van der Waals surface area contributed by atoms with Crippen LogP contribution in [0, 0.1) is 5.82 Å². The molecule has 2 aromatic rings. The van der Waals surface area contributed by atoms with Gasteiger partial charge >= 0.3 is 0 Å². The summed E-state index contributed by atoms with van der Waals surface area (Å²) < 4.78 is 14.2. The van der Waals surface area contributed by atoms with Gasteiger partial charge in [0.05, 0.1) is 11.3 Å². The van der Waals surface area contributed by atoms with Gasteiger partial charge in [0.1, 0.15) is 5.82 Å². The van der Waals surface area contributed by atoms with Gasteiger partial charge < -0.3 is 5.73 Å². The minimum atomic E-state index is -0.323. The molecule has 0 saturated heterocycles. The van der Waals surface area contributed by atoms with Crippen molar-refractivity contribution in [2.24, 2.45) is 0 Å². The van der Waals surface area contributed by atoms with Gasteiger partial charge in [-0.1, -0.05) is 0 Å². The third-order valence-electron chi connectivity index (χ3n) is 2.21. The fourth-order valence-corrected chi connectivity index (χ4v) is 1.38. The highest BCUT2D eigenvalue weighted by atomic mass is 19.1. The molecule has 0 fully saturated rings. The predicted octanol–water partition coefficient (Wildman–Crippen LogP) is 1.80. The van der Waals surface area contributed by atoms with Crippen LogP contribution in [0.25, 0.3) is 5.69 Å². The number of nitrogens with zero attached hydrogens (tertiary/aromatic N) is 2. The molecule has 0 radical (unpaired) electrons. The minimum absolute atomic E-state index is 0.147. The fraction of sp³-hybridized carbons (Fsp3) is 0.0909. The Morgan fingerprint density at radius 1 is 1.38 bits per heavy atom. The molecular weight excluding hydrogens is 209 g/mol. The van der Waals surface area contributed by atoms with Crippen LogP contribution in [0.5, 0.6) is 0 Å². The van der Waals surface area contributed by atoms with E-state index in [1.807, 2.05) is 0 Å². The van der Waals surface area contributed by atoms with Gasteiger partial charge in [0.25, 0.3) is 0 Å². The molecule has 1 aromatic heterocycles. The molecule has 16 heavy (non-hydrogen) atoms. The van der Waals surface area contributed by atoms with Crippen LogP contribution in [0.1, 0.15) is 17.3 Å². The van der Waals surface area contributed by atoms with Crippen LogP contribution < -0.4 is 5.73 Å². The van der Waals surface area contributed by atoms with Crippen LogP contribution in [-0.4, -0.2) is 15.6 Å². The van der Waals surface area contributed by atoms with E-state index in [1.54, 1.807) is 12.1 Å². The third-order valence-corrected chi connectivity index (χ3v) is 2.21. The fourth-order valence-electron chi connectivity index (χ4n) is 1.38. The average molecular weight is 219 g/mol. The summed E-state index contributed by atoms with van der Waals surface area (Å²) in [5.74, 6) is -0.293. The number of ketones is 1. The van der Waals surface area contributed by atoms with Gasteiger partial charge in [-0.05, 0) is 31.2 Å². The molecule has 2 N–H and O–H groups in total. The van der Waals surface area contributed by atoms with Crippen LogP contribution in [-0.2, 0) is 0 Å². The van der Waals surface area contributed by atoms with E-state index in [-0.39, 0.29) is 17.4 Å². The Hall–Kier alpha value is -2.17. The number of hydrogen-bond acceptors (Lipinski definition) is 3. The van der Waals surface area contributed by atoms with Crippen molar-refractivity contribution in [3.8, 4) is 5.69 Å². The van der Waals surface area contributed by atoms with Gasteiger partial charge in [0.2, 0.25) is 0 Å². The van der Waals surface area contributed by atoms with E-state index < -0.39 is 0 Å². The van der Waals surface area contributed by atoms with E-state index in [1.165, 1.54) is 29.9 Å².